The Morgan fingerprint density at radius 2 is 1.54 bits per heavy atom. The summed E-state index contributed by atoms with van der Waals surface area (Å²) in [5.41, 5.74) is 0.732. The van der Waals surface area contributed by atoms with Gasteiger partial charge >= 0.3 is 0 Å². The van der Waals surface area contributed by atoms with Gasteiger partial charge in [0.25, 0.3) is 0 Å². The van der Waals surface area contributed by atoms with Crippen LogP contribution < -0.4 is 5.32 Å². The van der Waals surface area contributed by atoms with E-state index in [-0.39, 0.29) is 39.9 Å². The van der Waals surface area contributed by atoms with Gasteiger partial charge in [-0.25, -0.2) is 8.42 Å². The molecule has 26 heavy (non-hydrogen) atoms. The van der Waals surface area contributed by atoms with E-state index < -0.39 is 10.0 Å². The number of sulfonamides is 1. The van der Waals surface area contributed by atoms with Crippen LogP contribution in [0.1, 0.15) is 12.8 Å². The molecule has 0 saturated carbocycles. The summed E-state index contributed by atoms with van der Waals surface area (Å²) >= 11 is 12.1. The standard InChI is InChI=1S/C18H18Cl2N2O3S/c19-15-7-4-8-16(20)17(15)26(24,25)22-11-9-13(10-12-22)18(23)21-14-5-2-1-3-6-14/h1-8,13H,9-12H2,(H,21,23). The molecule has 1 fully saturated rings. The van der Waals surface area contributed by atoms with Gasteiger partial charge in [0.15, 0.2) is 0 Å². The lowest BCUT2D eigenvalue weighted by Crippen LogP contribution is -2.41. The number of rotatable bonds is 4. The Hall–Kier alpha value is -1.60. The highest BCUT2D eigenvalue weighted by Gasteiger charge is 2.34. The number of nitrogens with one attached hydrogen (secondary N) is 1. The van der Waals surface area contributed by atoms with Crippen LogP contribution in [0.25, 0.3) is 0 Å². The first-order valence-electron chi connectivity index (χ1n) is 8.19. The Labute approximate surface area is 163 Å². The van der Waals surface area contributed by atoms with Crippen molar-refractivity contribution in [1.82, 2.24) is 4.31 Å². The molecule has 0 radical (unpaired) electrons. The SMILES string of the molecule is O=C(Nc1ccccc1)C1CCN(S(=O)(=O)c2c(Cl)cccc2Cl)CC1. The molecule has 1 saturated heterocycles. The van der Waals surface area contributed by atoms with E-state index in [1.54, 1.807) is 6.07 Å². The molecule has 0 unspecified atom stereocenters. The molecule has 138 valence electrons. The average molecular weight is 413 g/mol. The number of piperidine rings is 1. The Morgan fingerprint density at radius 1 is 0.962 bits per heavy atom. The third kappa shape index (κ3) is 4.04. The fourth-order valence-corrected chi connectivity index (χ4v) is 5.54. The highest BCUT2D eigenvalue weighted by molar-refractivity contribution is 7.89. The maximum absolute atomic E-state index is 12.9. The van der Waals surface area contributed by atoms with Gasteiger partial charge in [-0.15, -0.1) is 0 Å². The van der Waals surface area contributed by atoms with Crippen LogP contribution in [0.2, 0.25) is 10.0 Å². The Kier molecular flexibility index (Phi) is 5.87. The minimum Gasteiger partial charge on any atom is -0.326 e. The maximum Gasteiger partial charge on any atom is 0.246 e. The van der Waals surface area contributed by atoms with Crippen molar-refractivity contribution in [2.75, 3.05) is 18.4 Å². The zero-order valence-electron chi connectivity index (χ0n) is 13.9. The average Bonchev–Trinajstić information content (AvgIpc) is 2.62. The van der Waals surface area contributed by atoms with Crippen molar-refractivity contribution < 1.29 is 13.2 Å². The normalized spacial score (nSPS) is 16.4. The molecular formula is C18H18Cl2N2O3S. The molecule has 1 heterocycles. The number of carbonyl (C=O) groups excluding carboxylic acids is 1. The number of para-hydroxylation sites is 1. The maximum atomic E-state index is 12.9. The van der Waals surface area contributed by atoms with Gasteiger partial charge in [-0.2, -0.15) is 4.31 Å². The van der Waals surface area contributed by atoms with Crippen molar-refractivity contribution in [3.05, 3.63) is 58.6 Å². The molecule has 0 spiro atoms. The van der Waals surface area contributed by atoms with Crippen molar-refractivity contribution in [3.63, 3.8) is 0 Å². The first kappa shape index (κ1) is 19.2. The van der Waals surface area contributed by atoms with Gasteiger partial charge in [-0.3, -0.25) is 4.79 Å². The van der Waals surface area contributed by atoms with Crippen molar-refractivity contribution in [2.24, 2.45) is 5.92 Å². The first-order chi connectivity index (χ1) is 12.4. The van der Waals surface area contributed by atoms with E-state index in [0.29, 0.717) is 12.8 Å². The zero-order valence-corrected chi connectivity index (χ0v) is 16.2. The van der Waals surface area contributed by atoms with Crippen molar-refractivity contribution in [1.29, 1.82) is 0 Å². The fraction of sp³-hybridized carbons (Fsp3) is 0.278. The van der Waals surface area contributed by atoms with Crippen LogP contribution in [-0.4, -0.2) is 31.7 Å². The number of hydrogen-bond donors (Lipinski definition) is 1. The second-order valence-electron chi connectivity index (χ2n) is 6.08. The van der Waals surface area contributed by atoms with Gasteiger partial charge in [0.05, 0.1) is 10.0 Å². The summed E-state index contributed by atoms with van der Waals surface area (Å²) < 4.78 is 27.0. The molecule has 0 bridgehead atoms. The second kappa shape index (κ2) is 7.96. The van der Waals surface area contributed by atoms with Gasteiger partial charge < -0.3 is 5.32 Å². The Balaban J connectivity index is 1.67. The third-order valence-electron chi connectivity index (χ3n) is 4.38. The van der Waals surface area contributed by atoms with E-state index in [1.165, 1.54) is 16.4 Å². The molecule has 0 atom stereocenters. The van der Waals surface area contributed by atoms with Crippen LogP contribution in [-0.2, 0) is 14.8 Å². The smallest absolute Gasteiger partial charge is 0.246 e. The summed E-state index contributed by atoms with van der Waals surface area (Å²) in [7, 11) is -3.79. The number of hydrogen-bond acceptors (Lipinski definition) is 3. The van der Waals surface area contributed by atoms with Gasteiger partial charge in [0, 0.05) is 24.7 Å². The van der Waals surface area contributed by atoms with Crippen LogP contribution in [0.4, 0.5) is 5.69 Å². The lowest BCUT2D eigenvalue weighted by molar-refractivity contribution is -0.120. The molecule has 2 aromatic carbocycles. The van der Waals surface area contributed by atoms with Crippen LogP contribution in [0.3, 0.4) is 0 Å². The number of anilines is 1. The third-order valence-corrected chi connectivity index (χ3v) is 7.24. The van der Waals surface area contributed by atoms with E-state index in [0.717, 1.165) is 5.69 Å². The quantitative estimate of drug-likeness (QED) is 0.823. The molecule has 3 rings (SSSR count). The molecule has 1 amide bonds. The lowest BCUT2D eigenvalue weighted by atomic mass is 9.97. The number of benzene rings is 2. The Morgan fingerprint density at radius 3 is 2.12 bits per heavy atom. The highest BCUT2D eigenvalue weighted by Crippen LogP contribution is 2.33. The summed E-state index contributed by atoms with van der Waals surface area (Å²) in [6, 6.07) is 13.8. The van der Waals surface area contributed by atoms with E-state index in [9.17, 15) is 13.2 Å². The molecular weight excluding hydrogens is 395 g/mol. The first-order valence-corrected chi connectivity index (χ1v) is 10.4. The van der Waals surface area contributed by atoms with Crippen LogP contribution in [0.15, 0.2) is 53.4 Å². The minimum atomic E-state index is -3.79. The van der Waals surface area contributed by atoms with Crippen molar-refractivity contribution >= 4 is 44.8 Å². The largest absolute Gasteiger partial charge is 0.326 e. The number of halogens is 2. The summed E-state index contributed by atoms with van der Waals surface area (Å²) in [5, 5.41) is 3.06. The fourth-order valence-electron chi connectivity index (χ4n) is 2.98. The van der Waals surface area contributed by atoms with Crippen LogP contribution in [0.5, 0.6) is 0 Å². The van der Waals surface area contributed by atoms with Gasteiger partial charge in [-0.05, 0) is 37.1 Å². The predicted octanol–water partition coefficient (Wildman–Crippen LogP) is 4.03. The van der Waals surface area contributed by atoms with Crippen molar-refractivity contribution in [2.45, 2.75) is 17.7 Å². The predicted molar refractivity (Wildman–Crippen MR) is 103 cm³/mol. The molecule has 1 aliphatic rings. The van der Waals surface area contributed by atoms with E-state index in [4.69, 9.17) is 23.2 Å². The molecule has 0 aliphatic carbocycles. The van der Waals surface area contributed by atoms with E-state index in [2.05, 4.69) is 5.32 Å². The van der Waals surface area contributed by atoms with Crippen LogP contribution in [0, 0.1) is 5.92 Å². The molecule has 5 nitrogen and oxygen atoms in total. The summed E-state index contributed by atoms with van der Waals surface area (Å²) in [4.78, 5) is 12.3. The molecule has 1 N–H and O–H groups in total. The van der Waals surface area contributed by atoms with Gasteiger partial charge in [0.2, 0.25) is 15.9 Å². The van der Waals surface area contributed by atoms with Gasteiger partial charge in [-0.1, -0.05) is 47.5 Å². The number of nitrogens with zero attached hydrogens (tertiary/aromatic N) is 1. The van der Waals surface area contributed by atoms with Crippen molar-refractivity contribution in [3.8, 4) is 0 Å². The molecule has 0 aromatic heterocycles. The number of amides is 1. The van der Waals surface area contributed by atoms with Gasteiger partial charge in [0.1, 0.15) is 4.90 Å². The summed E-state index contributed by atoms with van der Waals surface area (Å²) in [5.74, 6) is -0.326. The zero-order chi connectivity index (χ0) is 18.7. The summed E-state index contributed by atoms with van der Waals surface area (Å²) in [6.07, 6.45) is 0.889. The molecule has 8 heteroatoms. The highest BCUT2D eigenvalue weighted by atomic mass is 35.5. The number of carbonyl (C=O) groups is 1. The lowest BCUT2D eigenvalue weighted by Gasteiger charge is -2.31. The second-order valence-corrected chi connectivity index (χ2v) is 8.77. The Bertz CT molecular complexity index is 876. The van der Waals surface area contributed by atoms with E-state index in [1.807, 2.05) is 30.3 Å². The molecule has 2 aromatic rings. The topological polar surface area (TPSA) is 66.5 Å². The summed E-state index contributed by atoms with van der Waals surface area (Å²) in [6.45, 7) is 0.494. The molecule has 1 aliphatic heterocycles. The van der Waals surface area contributed by atoms with E-state index >= 15 is 0 Å². The monoisotopic (exact) mass is 412 g/mol. The minimum absolute atomic E-state index is 0.0736. The van der Waals surface area contributed by atoms with Crippen LogP contribution >= 0.6 is 23.2 Å².